The fourth-order valence-electron chi connectivity index (χ4n) is 2.13. The van der Waals surface area contributed by atoms with E-state index in [9.17, 15) is 4.79 Å². The lowest BCUT2D eigenvalue weighted by molar-refractivity contribution is 0.0903. The largest absolute Gasteiger partial charge is 0.496 e. The van der Waals surface area contributed by atoms with Crippen LogP contribution < -0.4 is 10.1 Å². The molecule has 5 heteroatoms. The second kappa shape index (κ2) is 5.77. The van der Waals surface area contributed by atoms with E-state index in [0.29, 0.717) is 12.2 Å². The number of methoxy groups -OCH3 is 1. The smallest absolute Gasteiger partial charge is 0.287 e. The number of benzene rings is 1. The van der Waals surface area contributed by atoms with Crippen LogP contribution in [-0.4, -0.2) is 28.5 Å². The number of ether oxygens (including phenoxy) is 1. The van der Waals surface area contributed by atoms with E-state index in [1.807, 2.05) is 38.1 Å². The second-order valence-electron chi connectivity index (χ2n) is 5.26. The van der Waals surface area contributed by atoms with Gasteiger partial charge >= 0.3 is 0 Å². The number of nitrogens with zero attached hydrogens (tertiary/aromatic N) is 1. The Morgan fingerprint density at radius 3 is 2.80 bits per heavy atom. The molecule has 1 amide bonds. The van der Waals surface area contributed by atoms with Gasteiger partial charge in [-0.05, 0) is 31.9 Å². The number of aromatic nitrogens is 2. The molecule has 2 rings (SSSR count). The predicted octanol–water partition coefficient (Wildman–Crippen LogP) is 2.17. The minimum atomic E-state index is -0.404. The molecule has 2 aromatic rings. The Kier molecular flexibility index (Phi) is 4.08. The first kappa shape index (κ1) is 14.1. The highest BCUT2D eigenvalue weighted by Crippen LogP contribution is 2.22. The van der Waals surface area contributed by atoms with Crippen molar-refractivity contribution in [3.8, 4) is 5.75 Å². The lowest BCUT2D eigenvalue weighted by Crippen LogP contribution is -2.45. The summed E-state index contributed by atoms with van der Waals surface area (Å²) < 4.78 is 5.34. The number of para-hydroxylation sites is 1. The van der Waals surface area contributed by atoms with E-state index in [4.69, 9.17) is 4.74 Å². The molecule has 0 atom stereocenters. The number of hydrogen-bond donors (Lipinski definition) is 2. The van der Waals surface area contributed by atoms with Crippen LogP contribution in [0.1, 0.15) is 30.0 Å². The third-order valence-corrected chi connectivity index (χ3v) is 2.99. The van der Waals surface area contributed by atoms with Gasteiger partial charge in [0.1, 0.15) is 5.75 Å². The summed E-state index contributed by atoms with van der Waals surface area (Å²) in [4.78, 5) is 18.8. The van der Waals surface area contributed by atoms with Crippen LogP contribution in [0.2, 0.25) is 0 Å². The average Bonchev–Trinajstić information content (AvgIpc) is 2.92. The standard InChI is InChI=1S/C15H19N3O2/c1-15(2,18-14(19)13-16-8-9-17-13)10-11-6-4-5-7-12(11)20-3/h4-9H,10H2,1-3H3,(H,16,17)(H,18,19). The maximum absolute atomic E-state index is 12.0. The van der Waals surface area contributed by atoms with Gasteiger partial charge in [0.25, 0.3) is 5.91 Å². The molecule has 0 aliphatic heterocycles. The zero-order valence-corrected chi connectivity index (χ0v) is 11.9. The minimum absolute atomic E-state index is 0.213. The van der Waals surface area contributed by atoms with Crippen LogP contribution in [0.4, 0.5) is 0 Å². The Balaban J connectivity index is 2.09. The topological polar surface area (TPSA) is 67.0 Å². The maximum Gasteiger partial charge on any atom is 0.287 e. The Bertz CT molecular complexity index is 577. The van der Waals surface area contributed by atoms with Gasteiger partial charge in [0.05, 0.1) is 7.11 Å². The fourth-order valence-corrected chi connectivity index (χ4v) is 2.13. The van der Waals surface area contributed by atoms with Gasteiger partial charge in [0, 0.05) is 17.9 Å². The van der Waals surface area contributed by atoms with E-state index in [0.717, 1.165) is 11.3 Å². The molecule has 0 saturated carbocycles. The van der Waals surface area contributed by atoms with E-state index < -0.39 is 5.54 Å². The van der Waals surface area contributed by atoms with Gasteiger partial charge in [0.15, 0.2) is 5.82 Å². The highest BCUT2D eigenvalue weighted by atomic mass is 16.5. The van der Waals surface area contributed by atoms with Crippen molar-refractivity contribution in [3.05, 3.63) is 48.0 Å². The Labute approximate surface area is 118 Å². The number of hydrogen-bond acceptors (Lipinski definition) is 3. The summed E-state index contributed by atoms with van der Waals surface area (Å²) in [6, 6.07) is 7.80. The van der Waals surface area contributed by atoms with Gasteiger partial charge in [-0.25, -0.2) is 4.98 Å². The predicted molar refractivity (Wildman–Crippen MR) is 76.8 cm³/mol. The number of carbonyl (C=O) groups is 1. The molecule has 5 nitrogen and oxygen atoms in total. The molecule has 2 N–H and O–H groups in total. The molecule has 106 valence electrons. The van der Waals surface area contributed by atoms with Crippen LogP contribution in [0.5, 0.6) is 5.75 Å². The van der Waals surface area contributed by atoms with Gasteiger partial charge in [-0.15, -0.1) is 0 Å². The molecule has 20 heavy (non-hydrogen) atoms. The van der Waals surface area contributed by atoms with Crippen molar-refractivity contribution in [2.24, 2.45) is 0 Å². The van der Waals surface area contributed by atoms with Crippen LogP contribution in [0.25, 0.3) is 0 Å². The van der Waals surface area contributed by atoms with Crippen LogP contribution in [0.3, 0.4) is 0 Å². The van der Waals surface area contributed by atoms with E-state index in [1.165, 1.54) is 0 Å². The number of H-pyrrole nitrogens is 1. The van der Waals surface area contributed by atoms with Crippen LogP contribution in [0.15, 0.2) is 36.7 Å². The number of aromatic amines is 1. The SMILES string of the molecule is COc1ccccc1CC(C)(C)NC(=O)c1ncc[nH]1. The van der Waals surface area contributed by atoms with Gasteiger partial charge in [-0.2, -0.15) is 0 Å². The summed E-state index contributed by atoms with van der Waals surface area (Å²) in [5.41, 5.74) is 0.651. The number of amides is 1. The third kappa shape index (κ3) is 3.38. The molecule has 0 saturated heterocycles. The van der Waals surface area contributed by atoms with E-state index in [-0.39, 0.29) is 5.91 Å². The zero-order chi connectivity index (χ0) is 14.6. The molecule has 0 bridgehead atoms. The molecule has 1 heterocycles. The monoisotopic (exact) mass is 273 g/mol. The Morgan fingerprint density at radius 2 is 2.15 bits per heavy atom. The molecule has 0 fully saturated rings. The van der Waals surface area contributed by atoms with Crippen LogP contribution in [0, 0.1) is 0 Å². The number of imidazole rings is 1. The van der Waals surface area contributed by atoms with Gasteiger partial charge in [-0.3, -0.25) is 4.79 Å². The zero-order valence-electron chi connectivity index (χ0n) is 11.9. The summed E-state index contributed by atoms with van der Waals surface area (Å²) in [5.74, 6) is 0.931. The first-order chi connectivity index (χ1) is 9.52. The van der Waals surface area contributed by atoms with E-state index in [1.54, 1.807) is 19.5 Å². The quantitative estimate of drug-likeness (QED) is 0.877. The molecule has 1 aromatic heterocycles. The lowest BCUT2D eigenvalue weighted by Gasteiger charge is -2.26. The number of nitrogens with one attached hydrogen (secondary N) is 2. The first-order valence-electron chi connectivity index (χ1n) is 6.45. The molecule has 1 aromatic carbocycles. The highest BCUT2D eigenvalue weighted by molar-refractivity contribution is 5.90. The molecule has 0 unspecified atom stereocenters. The second-order valence-corrected chi connectivity index (χ2v) is 5.26. The van der Waals surface area contributed by atoms with Crippen molar-refractivity contribution in [1.82, 2.24) is 15.3 Å². The van der Waals surface area contributed by atoms with Crippen LogP contribution in [-0.2, 0) is 6.42 Å². The summed E-state index contributed by atoms with van der Waals surface area (Å²) in [6.07, 6.45) is 3.85. The summed E-state index contributed by atoms with van der Waals surface area (Å²) in [5, 5.41) is 2.97. The summed E-state index contributed by atoms with van der Waals surface area (Å²) in [7, 11) is 1.65. The van der Waals surface area contributed by atoms with Gasteiger partial charge in [-0.1, -0.05) is 18.2 Å². The van der Waals surface area contributed by atoms with Crippen LogP contribution >= 0.6 is 0 Å². The Morgan fingerprint density at radius 1 is 1.40 bits per heavy atom. The number of carbonyl (C=O) groups excluding carboxylic acids is 1. The summed E-state index contributed by atoms with van der Waals surface area (Å²) in [6.45, 7) is 3.94. The van der Waals surface area contributed by atoms with E-state index >= 15 is 0 Å². The number of rotatable bonds is 5. The van der Waals surface area contributed by atoms with E-state index in [2.05, 4.69) is 15.3 Å². The fraction of sp³-hybridized carbons (Fsp3) is 0.333. The molecule has 0 spiro atoms. The minimum Gasteiger partial charge on any atom is -0.496 e. The molecule has 0 radical (unpaired) electrons. The molecule has 0 aliphatic rings. The van der Waals surface area contributed by atoms with Gasteiger partial charge < -0.3 is 15.0 Å². The molecular formula is C15H19N3O2. The van der Waals surface area contributed by atoms with Crippen molar-refractivity contribution in [2.45, 2.75) is 25.8 Å². The van der Waals surface area contributed by atoms with Crippen molar-refractivity contribution >= 4 is 5.91 Å². The average molecular weight is 273 g/mol. The van der Waals surface area contributed by atoms with Gasteiger partial charge in [0.2, 0.25) is 0 Å². The third-order valence-electron chi connectivity index (χ3n) is 2.99. The normalized spacial score (nSPS) is 11.2. The summed E-state index contributed by atoms with van der Waals surface area (Å²) >= 11 is 0. The highest BCUT2D eigenvalue weighted by Gasteiger charge is 2.24. The first-order valence-corrected chi connectivity index (χ1v) is 6.45. The lowest BCUT2D eigenvalue weighted by atomic mass is 9.94. The maximum atomic E-state index is 12.0. The van der Waals surface area contributed by atoms with Crippen molar-refractivity contribution in [2.75, 3.05) is 7.11 Å². The van der Waals surface area contributed by atoms with Crippen molar-refractivity contribution in [3.63, 3.8) is 0 Å². The Hall–Kier alpha value is -2.30. The molecular weight excluding hydrogens is 254 g/mol. The van der Waals surface area contributed by atoms with Crippen molar-refractivity contribution < 1.29 is 9.53 Å². The molecule has 0 aliphatic carbocycles. The van der Waals surface area contributed by atoms with Crippen molar-refractivity contribution in [1.29, 1.82) is 0 Å².